The number of nitrogens with two attached hydrogens (primary N) is 1. The van der Waals surface area contributed by atoms with Gasteiger partial charge in [-0.15, -0.1) is 0 Å². The fraction of sp³-hybridized carbons (Fsp3) is 0.100. The number of hydrogen-bond acceptors (Lipinski definition) is 4. The van der Waals surface area contributed by atoms with Crippen molar-refractivity contribution >= 4 is 16.9 Å². The number of carbonyl (C=O) groups excluding carboxylic acids is 1. The summed E-state index contributed by atoms with van der Waals surface area (Å²) >= 11 is 0. The number of hydrogen-bond donors (Lipinski definition) is 2. The number of para-hydroxylation sites is 1. The second-order valence-electron chi connectivity index (χ2n) is 2.96. The van der Waals surface area contributed by atoms with Crippen molar-refractivity contribution < 1.29 is 13.9 Å². The molecule has 1 heterocycles. The number of rotatable bonds is 2. The highest BCUT2D eigenvalue weighted by Gasteiger charge is 2.13. The summed E-state index contributed by atoms with van der Waals surface area (Å²) in [6, 6.07) is 7.02. The third-order valence-corrected chi connectivity index (χ3v) is 2.08. The summed E-state index contributed by atoms with van der Waals surface area (Å²) in [6.07, 6.45) is 0. The summed E-state index contributed by atoms with van der Waals surface area (Å²) in [5.74, 6) is 5.29. The van der Waals surface area contributed by atoms with Crippen LogP contribution in [0, 0.1) is 0 Å². The molecule has 0 spiro atoms. The minimum absolute atomic E-state index is 0.164. The largest absolute Gasteiger partial charge is 0.493 e. The molecule has 0 saturated heterocycles. The van der Waals surface area contributed by atoms with Gasteiger partial charge in [0.15, 0.2) is 17.1 Å². The zero-order chi connectivity index (χ0) is 10.8. The number of amides is 1. The Balaban J connectivity index is 2.60. The topological polar surface area (TPSA) is 77.5 Å². The summed E-state index contributed by atoms with van der Waals surface area (Å²) in [5.41, 5.74) is 2.55. The molecule has 1 aromatic heterocycles. The number of hydrazine groups is 1. The van der Waals surface area contributed by atoms with Gasteiger partial charge in [-0.25, -0.2) is 5.84 Å². The van der Waals surface area contributed by atoms with Gasteiger partial charge in [-0.05, 0) is 12.1 Å². The van der Waals surface area contributed by atoms with E-state index < -0.39 is 5.91 Å². The van der Waals surface area contributed by atoms with Gasteiger partial charge in [0.05, 0.1) is 7.11 Å². The third-order valence-electron chi connectivity index (χ3n) is 2.08. The molecule has 0 saturated carbocycles. The van der Waals surface area contributed by atoms with Crippen molar-refractivity contribution in [1.82, 2.24) is 5.43 Å². The first-order valence-corrected chi connectivity index (χ1v) is 4.33. The number of furan rings is 1. The highest BCUT2D eigenvalue weighted by atomic mass is 16.5. The number of methoxy groups -OCH3 is 1. The van der Waals surface area contributed by atoms with Crippen molar-refractivity contribution in [3.05, 3.63) is 30.0 Å². The molecule has 1 amide bonds. The molecule has 0 bridgehead atoms. The summed E-state index contributed by atoms with van der Waals surface area (Å²) in [7, 11) is 1.54. The Bertz CT molecular complexity index is 504. The zero-order valence-corrected chi connectivity index (χ0v) is 8.11. The SMILES string of the molecule is COc1cccc2cc(C(=O)NN)oc12. The maximum Gasteiger partial charge on any atom is 0.300 e. The summed E-state index contributed by atoms with van der Waals surface area (Å²) in [6.45, 7) is 0. The molecule has 1 aromatic carbocycles. The minimum atomic E-state index is -0.465. The van der Waals surface area contributed by atoms with Gasteiger partial charge >= 0.3 is 5.91 Å². The molecule has 0 fully saturated rings. The van der Waals surface area contributed by atoms with E-state index in [2.05, 4.69) is 0 Å². The van der Waals surface area contributed by atoms with E-state index in [4.69, 9.17) is 15.0 Å². The maximum atomic E-state index is 11.2. The van der Waals surface area contributed by atoms with Crippen LogP contribution in [-0.4, -0.2) is 13.0 Å². The second kappa shape index (κ2) is 3.62. The van der Waals surface area contributed by atoms with Crippen LogP contribution in [0.1, 0.15) is 10.6 Å². The number of nitrogen functional groups attached to an aromatic ring is 1. The Morgan fingerprint density at radius 1 is 1.53 bits per heavy atom. The van der Waals surface area contributed by atoms with Crippen molar-refractivity contribution in [2.75, 3.05) is 7.11 Å². The molecule has 5 nitrogen and oxygen atoms in total. The van der Waals surface area contributed by atoms with E-state index in [1.165, 1.54) is 0 Å². The van der Waals surface area contributed by atoms with Gasteiger partial charge in [-0.1, -0.05) is 12.1 Å². The average Bonchev–Trinajstić information content (AvgIpc) is 2.71. The van der Waals surface area contributed by atoms with E-state index in [1.54, 1.807) is 19.2 Å². The first-order chi connectivity index (χ1) is 7.26. The average molecular weight is 206 g/mol. The van der Waals surface area contributed by atoms with Crippen LogP contribution >= 0.6 is 0 Å². The standard InChI is InChI=1S/C10H10N2O3/c1-14-7-4-2-3-6-5-8(10(13)12-11)15-9(6)7/h2-5H,11H2,1H3,(H,12,13). The number of benzene rings is 1. The highest BCUT2D eigenvalue weighted by molar-refractivity contribution is 5.96. The molecule has 0 radical (unpaired) electrons. The van der Waals surface area contributed by atoms with Gasteiger partial charge in [0.25, 0.3) is 0 Å². The van der Waals surface area contributed by atoms with Crippen LogP contribution in [0.25, 0.3) is 11.0 Å². The molecule has 15 heavy (non-hydrogen) atoms. The van der Waals surface area contributed by atoms with Gasteiger partial charge < -0.3 is 9.15 Å². The monoisotopic (exact) mass is 206 g/mol. The molecule has 2 aromatic rings. The first-order valence-electron chi connectivity index (χ1n) is 4.33. The maximum absolute atomic E-state index is 11.2. The number of ether oxygens (including phenoxy) is 1. The normalized spacial score (nSPS) is 10.3. The van der Waals surface area contributed by atoms with E-state index >= 15 is 0 Å². The lowest BCUT2D eigenvalue weighted by atomic mass is 10.2. The van der Waals surface area contributed by atoms with Crippen molar-refractivity contribution in [3.63, 3.8) is 0 Å². The highest BCUT2D eigenvalue weighted by Crippen LogP contribution is 2.28. The minimum Gasteiger partial charge on any atom is -0.493 e. The van der Waals surface area contributed by atoms with Crippen molar-refractivity contribution in [3.8, 4) is 5.75 Å². The lowest BCUT2D eigenvalue weighted by Gasteiger charge is -1.98. The summed E-state index contributed by atoms with van der Waals surface area (Å²) in [5, 5.41) is 0.799. The Hall–Kier alpha value is -2.01. The van der Waals surface area contributed by atoms with Crippen LogP contribution in [0.5, 0.6) is 5.75 Å². The first kappa shape index (κ1) is 9.54. The van der Waals surface area contributed by atoms with Crippen molar-refractivity contribution in [2.45, 2.75) is 0 Å². The molecule has 0 aliphatic heterocycles. The number of nitrogens with one attached hydrogen (secondary N) is 1. The summed E-state index contributed by atoms with van der Waals surface area (Å²) in [4.78, 5) is 11.2. The van der Waals surface area contributed by atoms with Crippen LogP contribution < -0.4 is 16.0 Å². The van der Waals surface area contributed by atoms with E-state index in [0.29, 0.717) is 11.3 Å². The van der Waals surface area contributed by atoms with Gasteiger partial charge in [0.2, 0.25) is 0 Å². The zero-order valence-electron chi connectivity index (χ0n) is 8.11. The van der Waals surface area contributed by atoms with Gasteiger partial charge in [-0.3, -0.25) is 10.2 Å². The fourth-order valence-electron chi connectivity index (χ4n) is 1.38. The smallest absolute Gasteiger partial charge is 0.300 e. The second-order valence-corrected chi connectivity index (χ2v) is 2.96. The quantitative estimate of drug-likeness (QED) is 0.437. The molecule has 5 heteroatoms. The third kappa shape index (κ3) is 1.53. The van der Waals surface area contributed by atoms with Gasteiger partial charge in [-0.2, -0.15) is 0 Å². The fourth-order valence-corrected chi connectivity index (χ4v) is 1.38. The van der Waals surface area contributed by atoms with Crippen LogP contribution in [0.2, 0.25) is 0 Å². The Morgan fingerprint density at radius 3 is 3.00 bits per heavy atom. The molecule has 0 aliphatic rings. The molecule has 3 N–H and O–H groups in total. The van der Waals surface area contributed by atoms with E-state index in [0.717, 1.165) is 5.39 Å². The lowest BCUT2D eigenvalue weighted by molar-refractivity contribution is 0.0928. The lowest BCUT2D eigenvalue weighted by Crippen LogP contribution is -2.29. The summed E-state index contributed by atoms with van der Waals surface area (Å²) < 4.78 is 10.4. The number of fused-ring (bicyclic) bond motifs is 1. The van der Waals surface area contributed by atoms with Crippen LogP contribution in [0.4, 0.5) is 0 Å². The predicted octanol–water partition coefficient (Wildman–Crippen LogP) is 1.04. The molecular formula is C10H10N2O3. The molecule has 0 unspecified atom stereocenters. The van der Waals surface area contributed by atoms with Crippen LogP contribution in [0.3, 0.4) is 0 Å². The van der Waals surface area contributed by atoms with E-state index in [1.807, 2.05) is 17.6 Å². The Morgan fingerprint density at radius 2 is 2.33 bits per heavy atom. The van der Waals surface area contributed by atoms with Crippen LogP contribution in [0.15, 0.2) is 28.7 Å². The Labute approximate surface area is 85.8 Å². The van der Waals surface area contributed by atoms with E-state index in [9.17, 15) is 4.79 Å². The van der Waals surface area contributed by atoms with Crippen molar-refractivity contribution in [2.24, 2.45) is 5.84 Å². The number of carbonyl (C=O) groups is 1. The Kier molecular flexibility index (Phi) is 2.31. The molecule has 2 rings (SSSR count). The molecular weight excluding hydrogens is 196 g/mol. The molecule has 0 aliphatic carbocycles. The van der Waals surface area contributed by atoms with E-state index in [-0.39, 0.29) is 5.76 Å². The molecule has 78 valence electrons. The predicted molar refractivity (Wildman–Crippen MR) is 54.4 cm³/mol. The van der Waals surface area contributed by atoms with Crippen LogP contribution in [-0.2, 0) is 0 Å². The van der Waals surface area contributed by atoms with Gasteiger partial charge in [0, 0.05) is 5.39 Å². The molecule has 0 atom stereocenters. The van der Waals surface area contributed by atoms with Gasteiger partial charge in [0.1, 0.15) is 0 Å². The van der Waals surface area contributed by atoms with Crippen molar-refractivity contribution in [1.29, 1.82) is 0 Å².